The van der Waals surface area contributed by atoms with Crippen LogP contribution in [-0.4, -0.2) is 35.1 Å². The van der Waals surface area contributed by atoms with Crippen LogP contribution in [0.15, 0.2) is 18.2 Å². The Morgan fingerprint density at radius 1 is 1.38 bits per heavy atom. The number of rotatable bonds is 4. The van der Waals surface area contributed by atoms with Crippen LogP contribution in [0.2, 0.25) is 0 Å². The van der Waals surface area contributed by atoms with Crippen molar-refractivity contribution >= 4 is 17.7 Å². The Bertz CT molecular complexity index is 551. The van der Waals surface area contributed by atoms with Crippen molar-refractivity contribution < 1.29 is 23.5 Å². The van der Waals surface area contributed by atoms with E-state index in [-0.39, 0.29) is 18.0 Å². The number of benzene rings is 1. The van der Waals surface area contributed by atoms with E-state index in [4.69, 9.17) is 5.11 Å². The number of hydrogen-bond donors (Lipinski definition) is 2. The van der Waals surface area contributed by atoms with Gasteiger partial charge in [0.1, 0.15) is 0 Å². The molecule has 21 heavy (non-hydrogen) atoms. The summed E-state index contributed by atoms with van der Waals surface area (Å²) in [6.07, 6.45) is 1.29. The summed E-state index contributed by atoms with van der Waals surface area (Å²) in [5.41, 5.74) is -0.200. The lowest BCUT2D eigenvalue weighted by atomic mass is 10.0. The standard InChI is InChI=1S/C14H16F2N2O3/c15-10-2-1-3-11(13(10)16)17-14(21)18-7-6-9(8-18)4-5-12(19)20/h1-3,9H,4-8H2,(H,17,21)(H,19,20). The molecule has 0 bridgehead atoms. The number of carbonyl (C=O) groups is 2. The third kappa shape index (κ3) is 3.90. The number of nitrogens with one attached hydrogen (secondary N) is 1. The summed E-state index contributed by atoms with van der Waals surface area (Å²) < 4.78 is 26.5. The lowest BCUT2D eigenvalue weighted by molar-refractivity contribution is -0.137. The summed E-state index contributed by atoms with van der Waals surface area (Å²) in [5, 5.41) is 11.0. The Morgan fingerprint density at radius 3 is 2.86 bits per heavy atom. The van der Waals surface area contributed by atoms with Gasteiger partial charge in [0.15, 0.2) is 11.6 Å². The molecule has 1 aliphatic heterocycles. The van der Waals surface area contributed by atoms with E-state index in [9.17, 15) is 18.4 Å². The molecule has 1 aliphatic rings. The molecule has 0 aliphatic carbocycles. The van der Waals surface area contributed by atoms with Crippen molar-refractivity contribution in [3.63, 3.8) is 0 Å². The second-order valence-corrected chi connectivity index (χ2v) is 5.06. The normalized spacial score (nSPS) is 17.8. The van der Waals surface area contributed by atoms with Gasteiger partial charge < -0.3 is 15.3 Å². The van der Waals surface area contributed by atoms with Crippen molar-refractivity contribution in [2.24, 2.45) is 5.92 Å². The maximum Gasteiger partial charge on any atom is 0.321 e. The highest BCUT2D eigenvalue weighted by molar-refractivity contribution is 5.89. The van der Waals surface area contributed by atoms with Crippen molar-refractivity contribution in [2.45, 2.75) is 19.3 Å². The monoisotopic (exact) mass is 298 g/mol. The second-order valence-electron chi connectivity index (χ2n) is 5.06. The lowest BCUT2D eigenvalue weighted by Gasteiger charge is -2.17. The average Bonchev–Trinajstić information content (AvgIpc) is 2.90. The summed E-state index contributed by atoms with van der Waals surface area (Å²) in [7, 11) is 0. The number of hydrogen-bond acceptors (Lipinski definition) is 2. The van der Waals surface area contributed by atoms with Crippen molar-refractivity contribution in [1.29, 1.82) is 0 Å². The minimum Gasteiger partial charge on any atom is -0.481 e. The van der Waals surface area contributed by atoms with Gasteiger partial charge in [-0.25, -0.2) is 13.6 Å². The summed E-state index contributed by atoms with van der Waals surface area (Å²) in [4.78, 5) is 24.0. The molecule has 7 heteroatoms. The molecule has 2 amide bonds. The molecular weight excluding hydrogens is 282 g/mol. The molecule has 1 aromatic carbocycles. The van der Waals surface area contributed by atoms with Crippen LogP contribution in [0.1, 0.15) is 19.3 Å². The van der Waals surface area contributed by atoms with Crippen LogP contribution in [-0.2, 0) is 4.79 Å². The topological polar surface area (TPSA) is 69.6 Å². The summed E-state index contributed by atoms with van der Waals surface area (Å²) in [6, 6.07) is 3.07. The number of amides is 2. The van der Waals surface area contributed by atoms with E-state index in [2.05, 4.69) is 5.32 Å². The minimum absolute atomic E-state index is 0.0681. The Morgan fingerprint density at radius 2 is 2.14 bits per heavy atom. The molecule has 0 saturated carbocycles. The number of nitrogens with zero attached hydrogens (tertiary/aromatic N) is 1. The SMILES string of the molecule is O=C(O)CCC1CCN(C(=O)Nc2cccc(F)c2F)C1. The fraction of sp³-hybridized carbons (Fsp3) is 0.429. The number of carbonyl (C=O) groups excluding carboxylic acids is 1. The zero-order valence-corrected chi connectivity index (χ0v) is 11.3. The van der Waals surface area contributed by atoms with E-state index in [0.717, 1.165) is 6.07 Å². The fourth-order valence-corrected chi connectivity index (χ4v) is 2.37. The van der Waals surface area contributed by atoms with Gasteiger partial charge in [-0.3, -0.25) is 4.79 Å². The highest BCUT2D eigenvalue weighted by Gasteiger charge is 2.27. The van der Waals surface area contributed by atoms with Crippen LogP contribution in [0.25, 0.3) is 0 Å². The van der Waals surface area contributed by atoms with E-state index in [1.807, 2.05) is 0 Å². The van der Waals surface area contributed by atoms with Crippen LogP contribution in [0, 0.1) is 17.6 Å². The summed E-state index contributed by atoms with van der Waals surface area (Å²) >= 11 is 0. The molecule has 5 nitrogen and oxygen atoms in total. The number of halogens is 2. The molecule has 114 valence electrons. The summed E-state index contributed by atoms with van der Waals surface area (Å²) in [5.74, 6) is -2.84. The maximum atomic E-state index is 13.5. The third-order valence-electron chi connectivity index (χ3n) is 3.53. The molecule has 2 N–H and O–H groups in total. The van der Waals surface area contributed by atoms with Crippen molar-refractivity contribution in [1.82, 2.24) is 4.90 Å². The zero-order chi connectivity index (χ0) is 15.4. The molecule has 1 unspecified atom stereocenters. The molecule has 1 fully saturated rings. The van der Waals surface area contributed by atoms with Gasteiger partial charge in [0.05, 0.1) is 5.69 Å². The first-order valence-electron chi connectivity index (χ1n) is 6.69. The number of anilines is 1. The fourth-order valence-electron chi connectivity index (χ4n) is 2.37. The number of likely N-dealkylation sites (tertiary alicyclic amines) is 1. The first kappa shape index (κ1) is 15.2. The Labute approximate surface area is 120 Å². The average molecular weight is 298 g/mol. The van der Waals surface area contributed by atoms with Gasteiger partial charge in [0.25, 0.3) is 0 Å². The van der Waals surface area contributed by atoms with E-state index in [0.29, 0.717) is 25.9 Å². The molecule has 0 radical (unpaired) electrons. The molecule has 1 aromatic rings. The quantitative estimate of drug-likeness (QED) is 0.898. The van der Waals surface area contributed by atoms with Gasteiger partial charge in [-0.2, -0.15) is 0 Å². The maximum absolute atomic E-state index is 13.5. The lowest BCUT2D eigenvalue weighted by Crippen LogP contribution is -2.33. The van der Waals surface area contributed by atoms with Gasteiger partial charge in [-0.1, -0.05) is 6.07 Å². The van der Waals surface area contributed by atoms with Crippen molar-refractivity contribution in [3.05, 3.63) is 29.8 Å². The van der Waals surface area contributed by atoms with Crippen molar-refractivity contribution in [2.75, 3.05) is 18.4 Å². The van der Waals surface area contributed by atoms with Crippen LogP contribution in [0.3, 0.4) is 0 Å². The van der Waals surface area contributed by atoms with Crippen LogP contribution < -0.4 is 5.32 Å². The van der Waals surface area contributed by atoms with Crippen LogP contribution in [0.5, 0.6) is 0 Å². The smallest absolute Gasteiger partial charge is 0.321 e. The van der Waals surface area contributed by atoms with E-state index >= 15 is 0 Å². The second kappa shape index (κ2) is 6.51. The number of aliphatic carboxylic acids is 1. The number of carboxylic acid groups (broad SMARTS) is 1. The summed E-state index contributed by atoms with van der Waals surface area (Å²) in [6.45, 7) is 0.906. The molecule has 1 saturated heterocycles. The molecule has 0 aromatic heterocycles. The number of urea groups is 1. The molecule has 1 heterocycles. The predicted molar refractivity (Wildman–Crippen MR) is 71.9 cm³/mol. The molecule has 2 rings (SSSR count). The van der Waals surface area contributed by atoms with Crippen LogP contribution in [0.4, 0.5) is 19.3 Å². The van der Waals surface area contributed by atoms with E-state index in [1.165, 1.54) is 17.0 Å². The Kier molecular flexibility index (Phi) is 4.72. The van der Waals surface area contributed by atoms with Gasteiger partial charge in [-0.15, -0.1) is 0 Å². The van der Waals surface area contributed by atoms with Gasteiger partial charge >= 0.3 is 12.0 Å². The number of carboxylic acids is 1. The molecule has 0 spiro atoms. The van der Waals surface area contributed by atoms with Crippen LogP contribution >= 0.6 is 0 Å². The predicted octanol–water partition coefficient (Wildman–Crippen LogP) is 2.68. The van der Waals surface area contributed by atoms with Gasteiger partial charge in [0, 0.05) is 19.5 Å². The highest BCUT2D eigenvalue weighted by Crippen LogP contribution is 2.23. The minimum atomic E-state index is -1.09. The molecule has 1 atom stereocenters. The van der Waals surface area contributed by atoms with E-state index < -0.39 is 23.6 Å². The molecular formula is C14H16F2N2O3. The largest absolute Gasteiger partial charge is 0.481 e. The van der Waals surface area contributed by atoms with Crippen molar-refractivity contribution in [3.8, 4) is 0 Å². The Hall–Kier alpha value is -2.18. The first-order valence-corrected chi connectivity index (χ1v) is 6.69. The zero-order valence-electron chi connectivity index (χ0n) is 11.3. The Balaban J connectivity index is 1.90. The van der Waals surface area contributed by atoms with Gasteiger partial charge in [0.2, 0.25) is 0 Å². The van der Waals surface area contributed by atoms with E-state index in [1.54, 1.807) is 0 Å². The highest BCUT2D eigenvalue weighted by atomic mass is 19.2. The first-order chi connectivity index (χ1) is 9.97. The van der Waals surface area contributed by atoms with Gasteiger partial charge in [-0.05, 0) is 30.9 Å². The third-order valence-corrected chi connectivity index (χ3v) is 3.53.